The summed E-state index contributed by atoms with van der Waals surface area (Å²) in [4.78, 5) is 35.9. The van der Waals surface area contributed by atoms with E-state index in [1.807, 2.05) is 26.8 Å². The molecule has 29 heavy (non-hydrogen) atoms. The van der Waals surface area contributed by atoms with E-state index in [-0.39, 0.29) is 24.5 Å². The molecule has 0 fully saturated rings. The average Bonchev–Trinajstić information content (AvgIpc) is 2.67. The number of ether oxygens (including phenoxy) is 1. The molecule has 0 aliphatic rings. The fraction of sp³-hybridized carbons (Fsp3) is 0.318. The molecule has 3 N–H and O–H groups in total. The molecule has 1 atom stereocenters. The van der Waals surface area contributed by atoms with Gasteiger partial charge in [0.25, 0.3) is 11.8 Å². The van der Waals surface area contributed by atoms with Gasteiger partial charge in [0.1, 0.15) is 6.04 Å². The maximum absolute atomic E-state index is 12.4. The zero-order chi connectivity index (χ0) is 21.4. The van der Waals surface area contributed by atoms with Gasteiger partial charge in [-0.3, -0.25) is 9.59 Å². The van der Waals surface area contributed by atoms with E-state index in [2.05, 4.69) is 10.6 Å². The number of anilines is 1. The van der Waals surface area contributed by atoms with Crippen LogP contribution in [-0.2, 0) is 9.53 Å². The first-order valence-corrected chi connectivity index (χ1v) is 9.30. The van der Waals surface area contributed by atoms with Crippen molar-refractivity contribution in [1.29, 1.82) is 0 Å². The predicted molar refractivity (Wildman–Crippen MR) is 110 cm³/mol. The van der Waals surface area contributed by atoms with Gasteiger partial charge in [-0.1, -0.05) is 18.2 Å². The number of aliphatic carboxylic acids is 1. The van der Waals surface area contributed by atoms with E-state index in [1.54, 1.807) is 36.4 Å². The van der Waals surface area contributed by atoms with Crippen LogP contribution in [0.4, 0.5) is 5.69 Å². The SMILES string of the molecule is CC(C)(C)OCCC(NC(=O)c1ccc(NC(=O)c2ccccc2)cc1)C(=O)O. The minimum atomic E-state index is -1.12. The lowest BCUT2D eigenvalue weighted by molar-refractivity contribution is -0.140. The van der Waals surface area contributed by atoms with Gasteiger partial charge in [-0.2, -0.15) is 0 Å². The number of carboxylic acids is 1. The molecule has 2 aromatic rings. The minimum absolute atomic E-state index is 0.156. The second kappa shape index (κ2) is 9.84. The molecule has 2 aromatic carbocycles. The lowest BCUT2D eigenvalue weighted by Crippen LogP contribution is -2.42. The van der Waals surface area contributed by atoms with Crippen molar-refractivity contribution >= 4 is 23.5 Å². The van der Waals surface area contributed by atoms with Crippen LogP contribution in [0.2, 0.25) is 0 Å². The van der Waals surface area contributed by atoms with Crippen LogP contribution in [0.1, 0.15) is 47.9 Å². The molecule has 0 aromatic heterocycles. The van der Waals surface area contributed by atoms with Gasteiger partial charge in [0.05, 0.1) is 5.60 Å². The average molecular weight is 398 g/mol. The number of carbonyl (C=O) groups is 3. The molecule has 0 aliphatic heterocycles. The maximum Gasteiger partial charge on any atom is 0.326 e. The summed E-state index contributed by atoms with van der Waals surface area (Å²) >= 11 is 0. The molecule has 0 radical (unpaired) electrons. The summed E-state index contributed by atoms with van der Waals surface area (Å²) in [5.41, 5.74) is 0.971. The van der Waals surface area contributed by atoms with E-state index in [4.69, 9.17) is 4.74 Å². The Morgan fingerprint density at radius 1 is 0.931 bits per heavy atom. The van der Waals surface area contributed by atoms with Crippen molar-refractivity contribution in [3.8, 4) is 0 Å². The Balaban J connectivity index is 1.94. The molecule has 154 valence electrons. The van der Waals surface area contributed by atoms with Crippen molar-refractivity contribution in [2.24, 2.45) is 0 Å². The van der Waals surface area contributed by atoms with Gasteiger partial charge in [-0.05, 0) is 57.2 Å². The molecule has 1 unspecified atom stereocenters. The second-order valence-corrected chi connectivity index (χ2v) is 7.51. The lowest BCUT2D eigenvalue weighted by atomic mass is 10.1. The fourth-order valence-corrected chi connectivity index (χ4v) is 2.48. The number of nitrogens with one attached hydrogen (secondary N) is 2. The summed E-state index contributed by atoms with van der Waals surface area (Å²) in [6.45, 7) is 5.84. The summed E-state index contributed by atoms with van der Waals surface area (Å²) in [5.74, 6) is -1.88. The maximum atomic E-state index is 12.4. The van der Waals surface area contributed by atoms with Crippen molar-refractivity contribution < 1.29 is 24.2 Å². The minimum Gasteiger partial charge on any atom is -0.480 e. The highest BCUT2D eigenvalue weighted by molar-refractivity contribution is 6.04. The monoisotopic (exact) mass is 398 g/mol. The second-order valence-electron chi connectivity index (χ2n) is 7.51. The largest absolute Gasteiger partial charge is 0.480 e. The van der Waals surface area contributed by atoms with Gasteiger partial charge in [0.15, 0.2) is 0 Å². The van der Waals surface area contributed by atoms with E-state index in [9.17, 15) is 19.5 Å². The zero-order valence-corrected chi connectivity index (χ0v) is 16.8. The third-order valence-electron chi connectivity index (χ3n) is 3.99. The summed E-state index contributed by atoms with van der Waals surface area (Å²) in [5, 5.41) is 14.6. The number of carbonyl (C=O) groups excluding carboxylic acids is 2. The quantitative estimate of drug-likeness (QED) is 0.633. The summed E-state index contributed by atoms with van der Waals surface area (Å²) < 4.78 is 5.53. The highest BCUT2D eigenvalue weighted by Gasteiger charge is 2.22. The Kier molecular flexibility index (Phi) is 7.50. The van der Waals surface area contributed by atoms with E-state index < -0.39 is 17.9 Å². The van der Waals surface area contributed by atoms with Crippen molar-refractivity contribution in [2.75, 3.05) is 11.9 Å². The summed E-state index contributed by atoms with van der Waals surface area (Å²) in [6.07, 6.45) is 0.156. The fourth-order valence-electron chi connectivity index (χ4n) is 2.48. The van der Waals surface area contributed by atoms with Crippen LogP contribution in [0.3, 0.4) is 0 Å². The molecule has 0 bridgehead atoms. The number of benzene rings is 2. The molecule has 7 nitrogen and oxygen atoms in total. The highest BCUT2D eigenvalue weighted by Crippen LogP contribution is 2.13. The predicted octanol–water partition coefficient (Wildman–Crippen LogP) is 3.33. The number of carboxylic acid groups (broad SMARTS) is 1. The molecule has 0 heterocycles. The Morgan fingerprint density at radius 3 is 2.07 bits per heavy atom. The first kappa shape index (κ1) is 22.1. The van der Waals surface area contributed by atoms with Crippen LogP contribution in [0.5, 0.6) is 0 Å². The highest BCUT2D eigenvalue weighted by atomic mass is 16.5. The third-order valence-corrected chi connectivity index (χ3v) is 3.99. The van der Waals surface area contributed by atoms with Gasteiger partial charge in [-0.15, -0.1) is 0 Å². The molecule has 0 aliphatic carbocycles. The molecule has 2 rings (SSSR count). The van der Waals surface area contributed by atoms with E-state index in [0.29, 0.717) is 16.8 Å². The Hall–Kier alpha value is -3.19. The Morgan fingerprint density at radius 2 is 1.52 bits per heavy atom. The van der Waals surface area contributed by atoms with Crippen LogP contribution < -0.4 is 10.6 Å². The van der Waals surface area contributed by atoms with Crippen molar-refractivity contribution in [3.63, 3.8) is 0 Å². The number of amides is 2. The molecule has 7 heteroatoms. The smallest absolute Gasteiger partial charge is 0.326 e. The number of hydrogen-bond acceptors (Lipinski definition) is 4. The molecule has 0 saturated carbocycles. The molecular weight excluding hydrogens is 372 g/mol. The lowest BCUT2D eigenvalue weighted by Gasteiger charge is -2.21. The van der Waals surface area contributed by atoms with Crippen molar-refractivity contribution in [1.82, 2.24) is 5.32 Å². The van der Waals surface area contributed by atoms with Crippen LogP contribution in [0, 0.1) is 0 Å². The topological polar surface area (TPSA) is 105 Å². The van der Waals surface area contributed by atoms with E-state index in [1.165, 1.54) is 12.1 Å². The van der Waals surface area contributed by atoms with Gasteiger partial charge < -0.3 is 20.5 Å². The van der Waals surface area contributed by atoms with E-state index in [0.717, 1.165) is 0 Å². The molecular formula is C22H26N2O5. The zero-order valence-electron chi connectivity index (χ0n) is 16.8. The van der Waals surface area contributed by atoms with E-state index >= 15 is 0 Å². The Labute approximate surface area is 170 Å². The third kappa shape index (κ3) is 7.38. The first-order valence-electron chi connectivity index (χ1n) is 9.30. The Bertz CT molecular complexity index is 842. The van der Waals surface area contributed by atoms with Crippen LogP contribution in [0.15, 0.2) is 54.6 Å². The van der Waals surface area contributed by atoms with Crippen LogP contribution in [0.25, 0.3) is 0 Å². The molecule has 0 spiro atoms. The molecule has 0 saturated heterocycles. The van der Waals surface area contributed by atoms with Gasteiger partial charge in [-0.25, -0.2) is 4.79 Å². The standard InChI is InChI=1S/C22H26N2O5/c1-22(2,3)29-14-13-18(21(27)28)24-20(26)16-9-11-17(12-10-16)23-19(25)15-7-5-4-6-8-15/h4-12,18H,13-14H2,1-3H3,(H,23,25)(H,24,26)(H,27,28). The van der Waals surface area contributed by atoms with Gasteiger partial charge >= 0.3 is 5.97 Å². The van der Waals surface area contributed by atoms with Gasteiger partial charge in [0.2, 0.25) is 0 Å². The van der Waals surface area contributed by atoms with Crippen molar-refractivity contribution in [3.05, 3.63) is 65.7 Å². The van der Waals surface area contributed by atoms with Gasteiger partial charge in [0, 0.05) is 29.8 Å². The van der Waals surface area contributed by atoms with Crippen LogP contribution in [-0.4, -0.2) is 41.1 Å². The first-order chi connectivity index (χ1) is 13.7. The number of hydrogen-bond donors (Lipinski definition) is 3. The summed E-state index contributed by atoms with van der Waals surface area (Å²) in [6, 6.07) is 14.0. The normalized spacial score (nSPS) is 12.1. The van der Waals surface area contributed by atoms with Crippen LogP contribution >= 0.6 is 0 Å². The summed E-state index contributed by atoms with van der Waals surface area (Å²) in [7, 11) is 0. The van der Waals surface area contributed by atoms with Crippen molar-refractivity contribution in [2.45, 2.75) is 38.8 Å². The number of rotatable bonds is 8. The molecule has 2 amide bonds.